The van der Waals surface area contributed by atoms with Gasteiger partial charge in [0.15, 0.2) is 0 Å². The zero-order valence-electron chi connectivity index (χ0n) is 13.9. The molecule has 3 nitrogen and oxygen atoms in total. The van der Waals surface area contributed by atoms with Crippen molar-refractivity contribution in [2.45, 2.75) is 65.8 Å². The van der Waals surface area contributed by atoms with Crippen LogP contribution in [0.15, 0.2) is 0 Å². The van der Waals surface area contributed by atoms with Crippen molar-refractivity contribution in [2.75, 3.05) is 18.6 Å². The Morgan fingerprint density at radius 2 is 1.85 bits per heavy atom. The topological polar surface area (TPSA) is 46.2 Å². The lowest BCUT2D eigenvalue weighted by Crippen LogP contribution is -2.43. The van der Waals surface area contributed by atoms with Crippen LogP contribution in [0.4, 0.5) is 0 Å². The van der Waals surface area contributed by atoms with E-state index in [0.717, 1.165) is 19.4 Å². The van der Waals surface area contributed by atoms with E-state index in [4.69, 9.17) is 0 Å². The van der Waals surface area contributed by atoms with Crippen molar-refractivity contribution in [3.05, 3.63) is 0 Å². The van der Waals surface area contributed by atoms with Crippen LogP contribution in [0.5, 0.6) is 0 Å². The Balaban J connectivity index is 2.67. The maximum Gasteiger partial charge on any atom is 0.147 e. The first-order valence-electron chi connectivity index (χ1n) is 8.04. The molecule has 0 saturated heterocycles. The molecule has 20 heavy (non-hydrogen) atoms. The summed E-state index contributed by atoms with van der Waals surface area (Å²) in [5.41, 5.74) is 0.332. The molecule has 1 N–H and O–H groups in total. The smallest absolute Gasteiger partial charge is 0.147 e. The van der Waals surface area contributed by atoms with Gasteiger partial charge in [-0.1, -0.05) is 27.7 Å². The first-order valence-corrected chi connectivity index (χ1v) is 10.1. The Bertz CT molecular complexity index is 384. The van der Waals surface area contributed by atoms with E-state index in [1.54, 1.807) is 0 Å². The van der Waals surface area contributed by atoms with E-state index in [2.05, 4.69) is 33.0 Å². The fourth-order valence-electron chi connectivity index (χ4n) is 3.33. The van der Waals surface area contributed by atoms with E-state index in [9.17, 15) is 8.42 Å². The number of rotatable bonds is 6. The number of sulfone groups is 1. The fraction of sp³-hybridized carbons (Fsp3) is 1.00. The number of hydrogen-bond donors (Lipinski definition) is 1. The van der Waals surface area contributed by atoms with Crippen LogP contribution in [0.1, 0.15) is 59.8 Å². The maximum absolute atomic E-state index is 11.5. The Kier molecular flexibility index (Phi) is 6.52. The van der Waals surface area contributed by atoms with Crippen LogP contribution in [0.3, 0.4) is 0 Å². The van der Waals surface area contributed by atoms with Gasteiger partial charge in [0.1, 0.15) is 9.84 Å². The predicted molar refractivity (Wildman–Crippen MR) is 86.7 cm³/mol. The summed E-state index contributed by atoms with van der Waals surface area (Å²) in [6.45, 7) is 10.2. The van der Waals surface area contributed by atoms with Crippen molar-refractivity contribution < 1.29 is 8.42 Å². The van der Waals surface area contributed by atoms with Crippen LogP contribution in [0.2, 0.25) is 0 Å². The van der Waals surface area contributed by atoms with E-state index >= 15 is 0 Å². The third-order valence-corrected chi connectivity index (χ3v) is 5.70. The zero-order chi connectivity index (χ0) is 15.4. The lowest BCUT2D eigenvalue weighted by molar-refractivity contribution is 0.112. The molecular formula is C16H33NO2S. The molecule has 1 aliphatic carbocycles. The average Bonchev–Trinajstić information content (AvgIpc) is 2.32. The van der Waals surface area contributed by atoms with E-state index in [1.165, 1.54) is 25.5 Å². The van der Waals surface area contributed by atoms with Crippen molar-refractivity contribution in [2.24, 2.45) is 17.3 Å². The minimum absolute atomic E-state index is 0.332. The van der Waals surface area contributed by atoms with E-state index in [1.807, 2.05) is 0 Å². The van der Waals surface area contributed by atoms with Crippen LogP contribution in [-0.4, -0.2) is 33.0 Å². The standard InChI is InChI=1S/C16H33NO2S/c1-6-10-17-15-8-7-14(16(2,3)4)12-13(15)9-11-20(5,18)19/h13-15,17H,6-12H2,1-5H3. The van der Waals surface area contributed by atoms with Gasteiger partial charge < -0.3 is 5.32 Å². The van der Waals surface area contributed by atoms with Crippen LogP contribution in [0.25, 0.3) is 0 Å². The molecule has 4 heteroatoms. The summed E-state index contributed by atoms with van der Waals surface area (Å²) in [6.07, 6.45) is 6.92. The van der Waals surface area contributed by atoms with Crippen molar-refractivity contribution in [3.8, 4) is 0 Å². The Labute approximate surface area is 125 Å². The molecule has 3 unspecified atom stereocenters. The molecule has 0 radical (unpaired) electrons. The van der Waals surface area contributed by atoms with Crippen molar-refractivity contribution in [1.82, 2.24) is 5.32 Å². The predicted octanol–water partition coefficient (Wildman–Crippen LogP) is 3.25. The Hall–Kier alpha value is -0.0900. The highest BCUT2D eigenvalue weighted by Crippen LogP contribution is 2.41. The van der Waals surface area contributed by atoms with Gasteiger partial charge in [0, 0.05) is 12.3 Å². The van der Waals surface area contributed by atoms with Crippen molar-refractivity contribution >= 4 is 9.84 Å². The van der Waals surface area contributed by atoms with E-state index < -0.39 is 9.84 Å². The molecule has 1 rings (SSSR count). The van der Waals surface area contributed by atoms with Gasteiger partial charge in [-0.2, -0.15) is 0 Å². The quantitative estimate of drug-likeness (QED) is 0.819. The van der Waals surface area contributed by atoms with Crippen LogP contribution >= 0.6 is 0 Å². The van der Waals surface area contributed by atoms with Gasteiger partial charge in [-0.25, -0.2) is 8.42 Å². The monoisotopic (exact) mass is 303 g/mol. The lowest BCUT2D eigenvalue weighted by Gasteiger charge is -2.42. The molecule has 120 valence electrons. The number of nitrogens with one attached hydrogen (secondary N) is 1. The average molecular weight is 304 g/mol. The van der Waals surface area contributed by atoms with Crippen LogP contribution < -0.4 is 5.32 Å². The fourth-order valence-corrected chi connectivity index (χ4v) is 4.06. The molecule has 0 aromatic carbocycles. The molecule has 1 fully saturated rings. The molecule has 0 heterocycles. The van der Waals surface area contributed by atoms with Gasteiger partial charge in [-0.3, -0.25) is 0 Å². The zero-order valence-corrected chi connectivity index (χ0v) is 14.7. The summed E-state index contributed by atoms with van der Waals surface area (Å²) in [5.74, 6) is 1.56. The molecule has 1 aliphatic rings. The second kappa shape index (κ2) is 7.26. The van der Waals surface area contributed by atoms with E-state index in [0.29, 0.717) is 29.0 Å². The highest BCUT2D eigenvalue weighted by molar-refractivity contribution is 7.90. The third-order valence-electron chi connectivity index (χ3n) is 4.72. The molecular weight excluding hydrogens is 270 g/mol. The lowest BCUT2D eigenvalue weighted by atomic mass is 9.67. The third kappa shape index (κ3) is 6.13. The molecule has 0 spiro atoms. The Morgan fingerprint density at radius 3 is 2.35 bits per heavy atom. The molecule has 0 amide bonds. The molecule has 0 aliphatic heterocycles. The summed E-state index contributed by atoms with van der Waals surface area (Å²) in [7, 11) is -2.85. The molecule has 0 bridgehead atoms. The van der Waals surface area contributed by atoms with Crippen molar-refractivity contribution in [1.29, 1.82) is 0 Å². The molecule has 0 aromatic rings. The molecule has 3 atom stereocenters. The summed E-state index contributed by atoms with van der Waals surface area (Å²) in [4.78, 5) is 0. The van der Waals surface area contributed by atoms with Gasteiger partial charge in [0.25, 0.3) is 0 Å². The number of hydrogen-bond acceptors (Lipinski definition) is 3. The van der Waals surface area contributed by atoms with E-state index in [-0.39, 0.29) is 0 Å². The van der Waals surface area contributed by atoms with Gasteiger partial charge in [0.05, 0.1) is 5.75 Å². The van der Waals surface area contributed by atoms with Gasteiger partial charge in [0.2, 0.25) is 0 Å². The first-order chi connectivity index (χ1) is 9.13. The second-order valence-electron chi connectivity index (χ2n) is 7.62. The SMILES string of the molecule is CCCNC1CCC(C(C)(C)C)CC1CCS(C)(=O)=O. The van der Waals surface area contributed by atoms with Gasteiger partial charge in [-0.05, 0) is 55.9 Å². The molecule has 0 aromatic heterocycles. The van der Waals surface area contributed by atoms with Crippen molar-refractivity contribution in [3.63, 3.8) is 0 Å². The summed E-state index contributed by atoms with van der Waals surface area (Å²) in [6, 6.07) is 0.510. The van der Waals surface area contributed by atoms with Crippen LogP contribution in [-0.2, 0) is 9.84 Å². The highest BCUT2D eigenvalue weighted by atomic mass is 32.2. The second-order valence-corrected chi connectivity index (χ2v) is 9.88. The highest BCUT2D eigenvalue weighted by Gasteiger charge is 2.35. The summed E-state index contributed by atoms with van der Waals surface area (Å²) < 4.78 is 22.9. The largest absolute Gasteiger partial charge is 0.314 e. The van der Waals surface area contributed by atoms with Gasteiger partial charge >= 0.3 is 0 Å². The summed E-state index contributed by atoms with van der Waals surface area (Å²) >= 11 is 0. The van der Waals surface area contributed by atoms with Crippen LogP contribution in [0, 0.1) is 17.3 Å². The summed E-state index contributed by atoms with van der Waals surface area (Å²) in [5, 5.41) is 3.63. The minimum Gasteiger partial charge on any atom is -0.314 e. The molecule has 1 saturated carbocycles. The van der Waals surface area contributed by atoms with Gasteiger partial charge in [-0.15, -0.1) is 0 Å². The Morgan fingerprint density at radius 1 is 1.20 bits per heavy atom. The first kappa shape index (κ1) is 18.0. The normalized spacial score (nSPS) is 28.6. The maximum atomic E-state index is 11.5. The minimum atomic E-state index is -2.85.